The molecule has 2 heterocycles. The smallest absolute Gasteiger partial charge is 0.351 e. The number of ether oxygens (including phenoxy) is 1. The number of nitrogen functional groups attached to an aromatic ring is 1. The molecular weight excluding hydrogens is 245 g/mol. The van der Waals surface area contributed by atoms with Crippen molar-refractivity contribution in [2.24, 2.45) is 5.92 Å². The van der Waals surface area contributed by atoms with Crippen molar-refractivity contribution in [3.63, 3.8) is 0 Å². The van der Waals surface area contributed by atoms with Crippen LogP contribution in [-0.2, 0) is 4.74 Å². The first kappa shape index (κ1) is 12.9. The zero-order valence-electron chi connectivity index (χ0n) is 9.44. The van der Waals surface area contributed by atoms with E-state index in [2.05, 4.69) is 4.98 Å². The lowest BCUT2D eigenvalue weighted by atomic mass is 10.0. The summed E-state index contributed by atoms with van der Waals surface area (Å²) in [6.07, 6.45) is -2.38. The van der Waals surface area contributed by atoms with Crippen molar-refractivity contribution in [3.05, 3.63) is 22.7 Å². The van der Waals surface area contributed by atoms with Crippen LogP contribution in [0.25, 0.3) is 0 Å². The number of alkyl halides is 1. The van der Waals surface area contributed by atoms with E-state index in [9.17, 15) is 9.18 Å². The molecule has 4 unspecified atom stereocenters. The van der Waals surface area contributed by atoms with E-state index in [1.165, 1.54) is 12.3 Å². The summed E-state index contributed by atoms with van der Waals surface area (Å²) in [4.78, 5) is 15.0. The molecule has 1 aromatic heterocycles. The van der Waals surface area contributed by atoms with E-state index in [1.54, 1.807) is 0 Å². The van der Waals surface area contributed by atoms with E-state index in [4.69, 9.17) is 20.7 Å². The Labute approximate surface area is 102 Å². The zero-order chi connectivity index (χ0) is 13.3. The number of aliphatic hydroxyl groups is 2. The largest absolute Gasteiger partial charge is 0.396 e. The van der Waals surface area contributed by atoms with E-state index in [-0.39, 0.29) is 5.82 Å². The summed E-state index contributed by atoms with van der Waals surface area (Å²) < 4.78 is 20.2. The average molecular weight is 259 g/mol. The highest BCUT2D eigenvalue weighted by molar-refractivity contribution is 5.23. The number of aliphatic hydroxyl groups excluding tert-OH is 2. The van der Waals surface area contributed by atoms with Gasteiger partial charge in [0, 0.05) is 12.1 Å². The number of aromatic nitrogens is 2. The molecule has 0 bridgehead atoms. The normalized spacial score (nSPS) is 31.7. The molecule has 0 radical (unpaired) electrons. The fourth-order valence-corrected chi connectivity index (χ4v) is 2.01. The molecule has 100 valence electrons. The van der Waals surface area contributed by atoms with E-state index in [1.807, 2.05) is 0 Å². The molecule has 7 nitrogen and oxygen atoms in total. The number of anilines is 1. The van der Waals surface area contributed by atoms with Gasteiger partial charge < -0.3 is 20.7 Å². The SMILES string of the molecule is Nc1ccn(C2OC(CO)C(CO)C2F)c(=O)n1. The average Bonchev–Trinajstić information content (AvgIpc) is 2.66. The standard InChI is InChI=1S/C10H14FN3O4/c11-8-5(3-15)6(4-16)18-9(8)14-2-1-7(12)13-10(14)17/h1-2,5-6,8-9,15-16H,3-4H2,(H2,12,13,17). The van der Waals surface area contributed by atoms with Gasteiger partial charge in [-0.3, -0.25) is 4.57 Å². The predicted octanol–water partition coefficient (Wildman–Crippen LogP) is -1.34. The lowest BCUT2D eigenvalue weighted by molar-refractivity contribution is -0.0440. The number of hydrogen-bond acceptors (Lipinski definition) is 6. The van der Waals surface area contributed by atoms with Crippen molar-refractivity contribution in [2.45, 2.75) is 18.5 Å². The molecular formula is C10H14FN3O4. The van der Waals surface area contributed by atoms with Crippen LogP contribution in [0.4, 0.5) is 10.2 Å². The number of nitrogens with zero attached hydrogens (tertiary/aromatic N) is 2. The lowest BCUT2D eigenvalue weighted by Gasteiger charge is -2.16. The summed E-state index contributed by atoms with van der Waals surface area (Å²) in [6, 6.07) is 1.34. The van der Waals surface area contributed by atoms with Crippen LogP contribution in [0.5, 0.6) is 0 Å². The Morgan fingerprint density at radius 2 is 2.22 bits per heavy atom. The predicted molar refractivity (Wildman–Crippen MR) is 59.4 cm³/mol. The first-order valence-corrected chi connectivity index (χ1v) is 5.44. The summed E-state index contributed by atoms with van der Waals surface area (Å²) >= 11 is 0. The Hall–Kier alpha value is -1.51. The minimum Gasteiger partial charge on any atom is -0.396 e. The van der Waals surface area contributed by atoms with Crippen molar-refractivity contribution in [2.75, 3.05) is 18.9 Å². The summed E-state index contributed by atoms with van der Waals surface area (Å²) in [6.45, 7) is -0.903. The minimum atomic E-state index is -1.60. The number of nitrogens with two attached hydrogens (primary N) is 1. The van der Waals surface area contributed by atoms with Gasteiger partial charge in [0.2, 0.25) is 0 Å². The topological polar surface area (TPSA) is 111 Å². The maximum atomic E-state index is 14.0. The quantitative estimate of drug-likeness (QED) is 0.619. The third kappa shape index (κ3) is 2.09. The second-order valence-electron chi connectivity index (χ2n) is 4.08. The Kier molecular flexibility index (Phi) is 3.60. The van der Waals surface area contributed by atoms with Gasteiger partial charge in [0.25, 0.3) is 0 Å². The zero-order valence-corrected chi connectivity index (χ0v) is 9.44. The maximum absolute atomic E-state index is 14.0. The number of halogens is 1. The van der Waals surface area contributed by atoms with E-state index < -0.39 is 43.3 Å². The molecule has 8 heteroatoms. The van der Waals surface area contributed by atoms with Crippen LogP contribution < -0.4 is 11.4 Å². The molecule has 0 aromatic carbocycles. The molecule has 1 fully saturated rings. The molecule has 4 N–H and O–H groups in total. The molecule has 1 aliphatic heterocycles. The molecule has 0 spiro atoms. The molecule has 0 aliphatic carbocycles. The van der Waals surface area contributed by atoms with Crippen LogP contribution in [0.1, 0.15) is 6.23 Å². The lowest BCUT2D eigenvalue weighted by Crippen LogP contribution is -2.32. The maximum Gasteiger partial charge on any atom is 0.351 e. The van der Waals surface area contributed by atoms with Gasteiger partial charge >= 0.3 is 5.69 Å². The van der Waals surface area contributed by atoms with Crippen LogP contribution in [0.3, 0.4) is 0 Å². The van der Waals surface area contributed by atoms with E-state index >= 15 is 0 Å². The highest BCUT2D eigenvalue weighted by Gasteiger charge is 2.45. The Bertz CT molecular complexity index is 480. The fraction of sp³-hybridized carbons (Fsp3) is 0.600. The first-order chi connectivity index (χ1) is 8.58. The van der Waals surface area contributed by atoms with Crippen molar-refractivity contribution in [3.8, 4) is 0 Å². The van der Waals surface area contributed by atoms with E-state index in [0.717, 1.165) is 4.57 Å². The van der Waals surface area contributed by atoms with E-state index in [0.29, 0.717) is 0 Å². The van der Waals surface area contributed by atoms with Gasteiger partial charge in [-0.25, -0.2) is 9.18 Å². The molecule has 1 aliphatic rings. The summed E-state index contributed by atoms with van der Waals surface area (Å²) in [5.74, 6) is -0.841. The van der Waals surface area contributed by atoms with Gasteiger partial charge in [0.15, 0.2) is 12.4 Å². The van der Waals surface area contributed by atoms with Gasteiger partial charge in [-0.2, -0.15) is 4.98 Å². The molecule has 0 amide bonds. The number of rotatable bonds is 3. The Morgan fingerprint density at radius 3 is 2.72 bits per heavy atom. The molecule has 4 atom stereocenters. The third-order valence-electron chi connectivity index (χ3n) is 2.99. The van der Waals surface area contributed by atoms with Crippen molar-refractivity contribution in [1.82, 2.24) is 9.55 Å². The van der Waals surface area contributed by atoms with Gasteiger partial charge in [-0.15, -0.1) is 0 Å². The van der Waals surface area contributed by atoms with Crippen molar-refractivity contribution in [1.29, 1.82) is 0 Å². The van der Waals surface area contributed by atoms with Crippen molar-refractivity contribution >= 4 is 5.82 Å². The number of hydrogen-bond donors (Lipinski definition) is 3. The molecule has 1 saturated heterocycles. The highest BCUT2D eigenvalue weighted by atomic mass is 19.1. The summed E-state index contributed by atoms with van der Waals surface area (Å²) in [5, 5.41) is 18.1. The second-order valence-corrected chi connectivity index (χ2v) is 4.08. The molecule has 0 saturated carbocycles. The highest BCUT2D eigenvalue weighted by Crippen LogP contribution is 2.35. The second kappa shape index (κ2) is 5.01. The Balaban J connectivity index is 2.32. The van der Waals surface area contributed by atoms with Crippen LogP contribution in [0, 0.1) is 5.92 Å². The summed E-state index contributed by atoms with van der Waals surface area (Å²) in [7, 11) is 0. The van der Waals surface area contributed by atoms with Gasteiger partial charge in [0.1, 0.15) is 5.82 Å². The van der Waals surface area contributed by atoms with Crippen LogP contribution in [0.15, 0.2) is 17.1 Å². The first-order valence-electron chi connectivity index (χ1n) is 5.44. The molecule has 1 aromatic rings. The fourth-order valence-electron chi connectivity index (χ4n) is 2.01. The molecule has 18 heavy (non-hydrogen) atoms. The molecule has 2 rings (SSSR count). The Morgan fingerprint density at radius 1 is 1.50 bits per heavy atom. The summed E-state index contributed by atoms with van der Waals surface area (Å²) in [5.41, 5.74) is 4.59. The van der Waals surface area contributed by atoms with Crippen LogP contribution >= 0.6 is 0 Å². The van der Waals surface area contributed by atoms with Crippen LogP contribution in [0.2, 0.25) is 0 Å². The van der Waals surface area contributed by atoms with Crippen molar-refractivity contribution < 1.29 is 19.3 Å². The van der Waals surface area contributed by atoms with Gasteiger partial charge in [0.05, 0.1) is 19.3 Å². The third-order valence-corrected chi connectivity index (χ3v) is 2.99. The monoisotopic (exact) mass is 259 g/mol. The van der Waals surface area contributed by atoms with Gasteiger partial charge in [-0.1, -0.05) is 0 Å². The van der Waals surface area contributed by atoms with Crippen LogP contribution in [-0.4, -0.2) is 45.3 Å². The van der Waals surface area contributed by atoms with Gasteiger partial charge in [-0.05, 0) is 6.07 Å². The minimum absolute atomic E-state index is 0.0297.